The van der Waals surface area contributed by atoms with Crippen molar-refractivity contribution in [3.05, 3.63) is 0 Å². The first-order chi connectivity index (χ1) is 21.6. The fourth-order valence-corrected chi connectivity index (χ4v) is 7.24. The molecular weight excluding hydrogens is 609 g/mol. The van der Waals surface area contributed by atoms with E-state index in [0.29, 0.717) is 39.1 Å². The molecule has 45 heavy (non-hydrogen) atoms. The molecule has 3 saturated heterocycles. The van der Waals surface area contributed by atoms with Crippen LogP contribution in [0.1, 0.15) is 57.8 Å². The molecule has 4 aliphatic rings. The highest BCUT2D eigenvalue weighted by Gasteiger charge is 2.37. The monoisotopic (exact) mass is 665 g/mol. The zero-order valence-electron chi connectivity index (χ0n) is 26.5. The van der Waals surface area contributed by atoms with E-state index in [-0.39, 0.29) is 48.5 Å². The summed E-state index contributed by atoms with van der Waals surface area (Å²) in [6.45, 7) is 5.43. The van der Waals surface area contributed by atoms with E-state index in [9.17, 15) is 29.6 Å². The topological polar surface area (TPSA) is 170 Å². The van der Waals surface area contributed by atoms with Gasteiger partial charge in [0.25, 0.3) is 0 Å². The summed E-state index contributed by atoms with van der Waals surface area (Å²) in [6, 6.07) is 0. The van der Waals surface area contributed by atoms with E-state index in [1.165, 1.54) is 19.3 Å². The fraction of sp³-hybridized carbons (Fsp3) is 0.968. The molecule has 0 aromatic heterocycles. The molecule has 7 atom stereocenters. The normalized spacial score (nSPS) is 31.7. The number of carbonyl (C=O) groups excluding carboxylic acids is 1. The Kier molecular flexibility index (Phi) is 15.4. The molecule has 4 fully saturated rings. The minimum absolute atomic E-state index is 0.0120. The second-order valence-corrected chi connectivity index (χ2v) is 14.3. The Bertz CT molecular complexity index is 864. The van der Waals surface area contributed by atoms with Gasteiger partial charge in [0.05, 0.1) is 24.2 Å². The van der Waals surface area contributed by atoms with Gasteiger partial charge in [0, 0.05) is 77.7 Å². The maximum absolute atomic E-state index is 15.0. The predicted molar refractivity (Wildman–Crippen MR) is 168 cm³/mol. The first-order valence-electron chi connectivity index (χ1n) is 17.1. The molecule has 3 heterocycles. The van der Waals surface area contributed by atoms with Gasteiger partial charge in [0.2, 0.25) is 5.91 Å². The Morgan fingerprint density at radius 3 is 2.33 bits per heavy atom. The van der Waals surface area contributed by atoms with E-state index >= 15 is 0 Å². The zero-order valence-corrected chi connectivity index (χ0v) is 27.2. The van der Waals surface area contributed by atoms with Crippen molar-refractivity contribution in [2.45, 2.75) is 106 Å². The molecule has 1 saturated carbocycles. The molecule has 0 spiro atoms. The van der Waals surface area contributed by atoms with Gasteiger partial charge in [0.1, 0.15) is 30.8 Å². The number of amides is 1. The number of likely N-dealkylation sites (tertiary alicyclic amines) is 2. The van der Waals surface area contributed by atoms with Crippen molar-refractivity contribution in [3.63, 3.8) is 0 Å². The van der Waals surface area contributed by atoms with Gasteiger partial charge in [-0.15, -0.1) is 11.6 Å². The van der Waals surface area contributed by atoms with Gasteiger partial charge < -0.3 is 40.5 Å². The lowest BCUT2D eigenvalue weighted by molar-refractivity contribution is -0.140. The molecule has 0 radical (unpaired) electrons. The first kappa shape index (κ1) is 37.1. The molecule has 0 aromatic rings. The van der Waals surface area contributed by atoms with E-state index in [4.69, 9.17) is 21.4 Å². The average molecular weight is 666 g/mol. The Balaban J connectivity index is 0.993. The number of ether oxygens (including phenoxy) is 1. The van der Waals surface area contributed by atoms with Crippen LogP contribution in [0.4, 0.5) is 4.39 Å². The molecule has 262 valence electrons. The molecule has 1 amide bonds. The van der Waals surface area contributed by atoms with Crippen LogP contribution in [0.15, 0.2) is 0 Å². The fourth-order valence-electron chi connectivity index (χ4n) is 7.07. The van der Waals surface area contributed by atoms with Crippen LogP contribution in [0.25, 0.3) is 0 Å². The summed E-state index contributed by atoms with van der Waals surface area (Å²) in [5, 5.41) is 57.9. The van der Waals surface area contributed by atoms with Crippen molar-refractivity contribution in [1.29, 1.82) is 0 Å². The van der Waals surface area contributed by atoms with Crippen LogP contribution < -0.4 is 16.0 Å². The van der Waals surface area contributed by atoms with Crippen LogP contribution in [0, 0.1) is 17.8 Å². The summed E-state index contributed by atoms with van der Waals surface area (Å²) < 4.78 is 21.0. The molecule has 0 bridgehead atoms. The van der Waals surface area contributed by atoms with E-state index in [1.807, 2.05) is 0 Å². The Labute approximate surface area is 272 Å². The lowest BCUT2D eigenvalue weighted by atomic mass is 9.83. The van der Waals surface area contributed by atoms with Crippen molar-refractivity contribution < 1.29 is 39.5 Å². The highest BCUT2D eigenvalue weighted by atomic mass is 35.5. The van der Waals surface area contributed by atoms with Gasteiger partial charge in [-0.3, -0.25) is 20.3 Å². The van der Waals surface area contributed by atoms with Crippen LogP contribution in [0.2, 0.25) is 0 Å². The number of hydrogen-bond acceptors (Lipinski definition) is 11. The molecule has 14 heteroatoms. The highest BCUT2D eigenvalue weighted by molar-refractivity contribution is 6.21. The van der Waals surface area contributed by atoms with E-state index in [0.717, 1.165) is 51.4 Å². The summed E-state index contributed by atoms with van der Waals surface area (Å²) >= 11 is 6.16. The summed E-state index contributed by atoms with van der Waals surface area (Å²) in [5.74, 6) is 0.636. The molecule has 1 aliphatic carbocycles. The lowest BCUT2D eigenvalue weighted by Crippen LogP contribution is -2.62. The van der Waals surface area contributed by atoms with Crippen molar-refractivity contribution in [2.24, 2.45) is 17.8 Å². The number of nitrogens with one attached hydrogen (secondary N) is 3. The number of nitrogens with zero attached hydrogens (tertiary/aromatic N) is 2. The van der Waals surface area contributed by atoms with Crippen LogP contribution in [0.5, 0.6) is 0 Å². The minimum Gasteiger partial charge on any atom is -0.394 e. The van der Waals surface area contributed by atoms with Gasteiger partial charge in [-0.25, -0.2) is 4.39 Å². The number of alkyl halides is 2. The third-order valence-corrected chi connectivity index (χ3v) is 10.5. The van der Waals surface area contributed by atoms with Gasteiger partial charge in [-0.2, -0.15) is 0 Å². The Morgan fingerprint density at radius 2 is 1.67 bits per heavy atom. The number of piperidine rings is 1. The molecule has 0 aromatic carbocycles. The SMILES string of the molecule is O=C(CC1CCC(OCCCCC2CCN(C3NCC(Cl)CN3)CC2)CC1F)N1CC(CNC[C@H](O)[C@@H](O)[C@H](O)[C@H](O)CO)C1. The standard InChI is InChI=1S/C31H57ClFN5O7/c32-23-14-35-31(36-15-23)37-8-6-20(7-9-37)3-1-2-10-45-24-5-4-22(25(33)12-24)11-28(42)38-17-21(18-38)13-34-16-26(40)29(43)30(44)27(41)19-39/h20-27,29-31,34-36,39-41,43-44H,1-19H2/t22?,23?,24?,25?,26-,27+,29+,30+,31?/m0/s1. The summed E-state index contributed by atoms with van der Waals surface area (Å²) in [5.41, 5.74) is 0. The number of rotatable bonds is 17. The molecule has 4 rings (SSSR count). The van der Waals surface area contributed by atoms with E-state index in [2.05, 4.69) is 20.9 Å². The highest BCUT2D eigenvalue weighted by Crippen LogP contribution is 2.33. The number of aliphatic hydroxyl groups is 5. The van der Waals surface area contributed by atoms with Gasteiger partial charge in [-0.1, -0.05) is 12.8 Å². The van der Waals surface area contributed by atoms with Crippen molar-refractivity contribution in [1.82, 2.24) is 25.8 Å². The molecule has 3 aliphatic heterocycles. The van der Waals surface area contributed by atoms with Gasteiger partial charge in [-0.05, 0) is 43.9 Å². The third kappa shape index (κ3) is 11.4. The molecule has 8 N–H and O–H groups in total. The maximum atomic E-state index is 15.0. The number of unbranched alkanes of at least 4 members (excludes halogenated alkanes) is 1. The number of aliphatic hydroxyl groups excluding tert-OH is 5. The van der Waals surface area contributed by atoms with Gasteiger partial charge in [0.15, 0.2) is 0 Å². The predicted octanol–water partition coefficient (Wildman–Crippen LogP) is -0.650. The van der Waals surface area contributed by atoms with E-state index < -0.39 is 37.2 Å². The third-order valence-electron chi connectivity index (χ3n) is 10.2. The van der Waals surface area contributed by atoms with Crippen LogP contribution in [-0.4, -0.2) is 155 Å². The second-order valence-electron chi connectivity index (χ2n) is 13.7. The van der Waals surface area contributed by atoms with Crippen LogP contribution in [-0.2, 0) is 9.53 Å². The molecule has 12 nitrogen and oxygen atoms in total. The Morgan fingerprint density at radius 1 is 0.978 bits per heavy atom. The van der Waals surface area contributed by atoms with Crippen molar-refractivity contribution >= 4 is 17.5 Å². The second kappa shape index (κ2) is 18.7. The quantitative estimate of drug-likeness (QED) is 0.0734. The van der Waals surface area contributed by atoms with Crippen molar-refractivity contribution in [3.8, 4) is 0 Å². The smallest absolute Gasteiger partial charge is 0.222 e. The van der Waals surface area contributed by atoms with Crippen molar-refractivity contribution in [2.75, 3.05) is 65.6 Å². The van der Waals surface area contributed by atoms with Gasteiger partial charge >= 0.3 is 0 Å². The largest absolute Gasteiger partial charge is 0.394 e. The average Bonchev–Trinajstić information content (AvgIpc) is 3.02. The van der Waals surface area contributed by atoms with Crippen LogP contribution in [0.3, 0.4) is 0 Å². The number of carbonyl (C=O) groups is 1. The molecule has 3 unspecified atom stereocenters. The number of hydrogen-bond donors (Lipinski definition) is 8. The summed E-state index contributed by atoms with van der Waals surface area (Å²) in [4.78, 5) is 17.0. The summed E-state index contributed by atoms with van der Waals surface area (Å²) in [7, 11) is 0. The molecular formula is C31H57ClFN5O7. The Hall–Kier alpha value is -0.710. The van der Waals surface area contributed by atoms with E-state index in [1.54, 1.807) is 4.90 Å². The zero-order chi connectivity index (χ0) is 32.3. The van der Waals surface area contributed by atoms with Crippen LogP contribution >= 0.6 is 11.6 Å². The minimum atomic E-state index is -1.66. The maximum Gasteiger partial charge on any atom is 0.222 e. The first-order valence-corrected chi connectivity index (χ1v) is 17.5. The lowest BCUT2D eigenvalue weighted by Gasteiger charge is -2.41. The summed E-state index contributed by atoms with van der Waals surface area (Å²) in [6.07, 6.45) is 0.803. The number of halogens is 2.